The molecule has 0 radical (unpaired) electrons. The lowest BCUT2D eigenvalue weighted by molar-refractivity contribution is 0.491. The van der Waals surface area contributed by atoms with Gasteiger partial charge < -0.3 is 9.73 Å². The van der Waals surface area contributed by atoms with Crippen LogP contribution in [0.2, 0.25) is 0 Å². The molecule has 1 N–H and O–H groups in total. The summed E-state index contributed by atoms with van der Waals surface area (Å²) in [4.78, 5) is 15.8. The molecule has 0 saturated heterocycles. The molecule has 0 atom stereocenters. The molecule has 0 aromatic carbocycles. The number of aromatic nitrogens is 2. The molecule has 5 nitrogen and oxygen atoms in total. The number of nitrogens with zero attached hydrogens (tertiary/aromatic N) is 2. The molecule has 0 unspecified atom stereocenters. The Hall–Kier alpha value is -1.62. The maximum absolute atomic E-state index is 11.6. The fraction of sp³-hybridized carbons (Fsp3) is 0.500. The predicted octanol–water partition coefficient (Wildman–Crippen LogP) is 0.989. The second-order valence-corrected chi connectivity index (χ2v) is 4.49. The predicted molar refractivity (Wildman–Crippen MR) is 63.9 cm³/mol. The lowest BCUT2D eigenvalue weighted by atomic mass is 10.4. The molecule has 3 rings (SSSR count). The first-order valence-corrected chi connectivity index (χ1v) is 5.99. The van der Waals surface area contributed by atoms with Crippen LogP contribution in [0.3, 0.4) is 0 Å². The third kappa shape index (κ3) is 2.24. The Kier molecular flexibility index (Phi) is 2.68. The minimum Gasteiger partial charge on any atom is -0.406 e. The molecule has 90 valence electrons. The van der Waals surface area contributed by atoms with E-state index < -0.39 is 0 Å². The molecule has 2 aromatic rings. The summed E-state index contributed by atoms with van der Waals surface area (Å²) >= 11 is 0. The van der Waals surface area contributed by atoms with Crippen LogP contribution < -0.4 is 11.1 Å². The Balaban J connectivity index is 1.70. The molecule has 0 amide bonds. The Bertz CT molecular complexity index is 568. The molecule has 1 fully saturated rings. The van der Waals surface area contributed by atoms with Crippen LogP contribution in [0, 0.1) is 5.92 Å². The van der Waals surface area contributed by atoms with Gasteiger partial charge in [0.05, 0.1) is 0 Å². The SMILES string of the molecule is O=c1oc2cccnc2n1CCNCC1CC1. The summed E-state index contributed by atoms with van der Waals surface area (Å²) in [6, 6.07) is 3.53. The largest absolute Gasteiger partial charge is 0.421 e. The van der Waals surface area contributed by atoms with Crippen molar-refractivity contribution in [1.82, 2.24) is 14.9 Å². The fourth-order valence-corrected chi connectivity index (χ4v) is 1.92. The maximum atomic E-state index is 11.6. The van der Waals surface area contributed by atoms with Crippen LogP contribution in [-0.2, 0) is 6.54 Å². The van der Waals surface area contributed by atoms with Crippen molar-refractivity contribution in [3.05, 3.63) is 28.9 Å². The van der Waals surface area contributed by atoms with E-state index in [1.807, 2.05) is 0 Å². The first-order valence-electron chi connectivity index (χ1n) is 5.99. The zero-order chi connectivity index (χ0) is 11.7. The van der Waals surface area contributed by atoms with Crippen LogP contribution in [-0.4, -0.2) is 22.6 Å². The van der Waals surface area contributed by atoms with E-state index in [4.69, 9.17) is 4.42 Å². The molecule has 1 saturated carbocycles. The van der Waals surface area contributed by atoms with Gasteiger partial charge in [0.1, 0.15) is 0 Å². The molecule has 2 aromatic heterocycles. The van der Waals surface area contributed by atoms with Gasteiger partial charge in [-0.2, -0.15) is 0 Å². The van der Waals surface area contributed by atoms with Gasteiger partial charge in [-0.05, 0) is 37.4 Å². The molecule has 1 aliphatic rings. The monoisotopic (exact) mass is 233 g/mol. The molecular formula is C12H15N3O2. The number of nitrogens with one attached hydrogen (secondary N) is 1. The van der Waals surface area contributed by atoms with Gasteiger partial charge in [-0.25, -0.2) is 9.78 Å². The quantitative estimate of drug-likeness (QED) is 0.782. The molecule has 0 spiro atoms. The maximum Gasteiger partial charge on any atom is 0.421 e. The molecule has 17 heavy (non-hydrogen) atoms. The average Bonchev–Trinajstić information content (AvgIpc) is 3.09. The minimum absolute atomic E-state index is 0.327. The first kappa shape index (κ1) is 10.5. The number of hydrogen-bond acceptors (Lipinski definition) is 4. The van der Waals surface area contributed by atoms with Gasteiger partial charge in [-0.3, -0.25) is 4.57 Å². The van der Waals surface area contributed by atoms with Crippen LogP contribution in [0.15, 0.2) is 27.5 Å². The number of pyridine rings is 1. The lowest BCUT2D eigenvalue weighted by Gasteiger charge is -2.03. The second-order valence-electron chi connectivity index (χ2n) is 4.49. The van der Waals surface area contributed by atoms with Crippen molar-refractivity contribution < 1.29 is 4.42 Å². The van der Waals surface area contributed by atoms with Crippen molar-refractivity contribution in [2.75, 3.05) is 13.1 Å². The summed E-state index contributed by atoms with van der Waals surface area (Å²) in [5, 5.41) is 3.35. The zero-order valence-electron chi connectivity index (χ0n) is 9.56. The smallest absolute Gasteiger partial charge is 0.406 e. The average molecular weight is 233 g/mol. The van der Waals surface area contributed by atoms with Crippen molar-refractivity contribution >= 4 is 11.2 Å². The summed E-state index contributed by atoms with van der Waals surface area (Å²) in [5.41, 5.74) is 1.19. The highest BCUT2D eigenvalue weighted by Gasteiger charge is 2.20. The fourth-order valence-electron chi connectivity index (χ4n) is 1.92. The normalized spacial score (nSPS) is 15.5. The standard InChI is InChI=1S/C12H15N3O2/c16-12-15(7-6-13-8-9-3-4-9)11-10(17-12)2-1-5-14-11/h1-2,5,9,13H,3-4,6-8H2. The lowest BCUT2D eigenvalue weighted by Crippen LogP contribution is -2.26. The molecule has 5 heteroatoms. The highest BCUT2D eigenvalue weighted by atomic mass is 16.4. The molecule has 2 heterocycles. The second kappa shape index (κ2) is 4.33. The number of rotatable bonds is 5. The third-order valence-corrected chi connectivity index (χ3v) is 3.07. The number of hydrogen-bond donors (Lipinski definition) is 1. The van der Waals surface area contributed by atoms with Crippen molar-refractivity contribution in [3.63, 3.8) is 0 Å². The van der Waals surface area contributed by atoms with Crippen LogP contribution in [0.1, 0.15) is 12.8 Å². The van der Waals surface area contributed by atoms with Crippen LogP contribution in [0.25, 0.3) is 11.2 Å². The minimum atomic E-state index is -0.327. The Labute approximate surface area is 98.5 Å². The first-order chi connectivity index (χ1) is 8.34. The van der Waals surface area contributed by atoms with Gasteiger partial charge in [-0.15, -0.1) is 0 Å². The van der Waals surface area contributed by atoms with E-state index in [0.717, 1.165) is 19.0 Å². The van der Waals surface area contributed by atoms with Gasteiger partial charge in [0.25, 0.3) is 0 Å². The molecule has 1 aliphatic carbocycles. The van der Waals surface area contributed by atoms with Gasteiger partial charge in [0.2, 0.25) is 0 Å². The Morgan fingerprint density at radius 1 is 1.53 bits per heavy atom. The van der Waals surface area contributed by atoms with Crippen LogP contribution in [0.5, 0.6) is 0 Å². The third-order valence-electron chi connectivity index (χ3n) is 3.07. The van der Waals surface area contributed by atoms with Crippen molar-refractivity contribution in [3.8, 4) is 0 Å². The van der Waals surface area contributed by atoms with Crippen molar-refractivity contribution in [1.29, 1.82) is 0 Å². The van der Waals surface area contributed by atoms with E-state index in [-0.39, 0.29) is 5.76 Å². The summed E-state index contributed by atoms with van der Waals surface area (Å²) in [5.74, 6) is 0.526. The summed E-state index contributed by atoms with van der Waals surface area (Å²) < 4.78 is 6.69. The van der Waals surface area contributed by atoms with E-state index >= 15 is 0 Å². The highest BCUT2D eigenvalue weighted by Crippen LogP contribution is 2.27. The van der Waals surface area contributed by atoms with Gasteiger partial charge in [-0.1, -0.05) is 0 Å². The summed E-state index contributed by atoms with van der Waals surface area (Å²) in [6.07, 6.45) is 4.34. The summed E-state index contributed by atoms with van der Waals surface area (Å²) in [6.45, 7) is 2.44. The molecule has 0 bridgehead atoms. The van der Waals surface area contributed by atoms with E-state index in [9.17, 15) is 4.79 Å². The van der Waals surface area contributed by atoms with Crippen molar-refractivity contribution in [2.24, 2.45) is 5.92 Å². The van der Waals surface area contributed by atoms with E-state index in [0.29, 0.717) is 17.8 Å². The van der Waals surface area contributed by atoms with E-state index in [2.05, 4.69) is 10.3 Å². The van der Waals surface area contributed by atoms with Gasteiger partial charge in [0.15, 0.2) is 11.2 Å². The van der Waals surface area contributed by atoms with Crippen LogP contribution in [0.4, 0.5) is 0 Å². The van der Waals surface area contributed by atoms with E-state index in [1.54, 1.807) is 22.9 Å². The Morgan fingerprint density at radius 3 is 3.24 bits per heavy atom. The highest BCUT2D eigenvalue weighted by molar-refractivity contribution is 5.67. The topological polar surface area (TPSA) is 60.1 Å². The van der Waals surface area contributed by atoms with Crippen molar-refractivity contribution in [2.45, 2.75) is 19.4 Å². The molecule has 0 aliphatic heterocycles. The number of oxazole rings is 1. The van der Waals surface area contributed by atoms with Gasteiger partial charge >= 0.3 is 5.76 Å². The number of fused-ring (bicyclic) bond motifs is 1. The van der Waals surface area contributed by atoms with E-state index in [1.165, 1.54) is 12.8 Å². The van der Waals surface area contributed by atoms with Gasteiger partial charge in [0, 0.05) is 19.3 Å². The summed E-state index contributed by atoms with van der Waals surface area (Å²) in [7, 11) is 0. The zero-order valence-corrected chi connectivity index (χ0v) is 9.56. The Morgan fingerprint density at radius 2 is 2.41 bits per heavy atom. The molecular weight excluding hydrogens is 218 g/mol. The van der Waals surface area contributed by atoms with Crippen LogP contribution >= 0.6 is 0 Å².